The van der Waals surface area contributed by atoms with Gasteiger partial charge in [0.2, 0.25) is 5.91 Å². The molecule has 8 heteroatoms. The first-order chi connectivity index (χ1) is 14.0. The number of fused-ring (bicyclic) bond motifs is 1. The highest BCUT2D eigenvalue weighted by molar-refractivity contribution is 6.32. The molecule has 0 atom stereocenters. The van der Waals surface area contributed by atoms with E-state index >= 15 is 0 Å². The number of rotatable bonds is 7. The van der Waals surface area contributed by atoms with Gasteiger partial charge < -0.3 is 14.8 Å². The molecule has 0 saturated carbocycles. The number of hydrogen-bond donors (Lipinski definition) is 1. The van der Waals surface area contributed by atoms with Crippen molar-refractivity contribution in [1.29, 1.82) is 5.26 Å². The van der Waals surface area contributed by atoms with Crippen molar-refractivity contribution in [3.8, 4) is 17.6 Å². The van der Waals surface area contributed by atoms with Gasteiger partial charge in [-0.05, 0) is 43.5 Å². The van der Waals surface area contributed by atoms with Gasteiger partial charge in [-0.2, -0.15) is 10.4 Å². The van der Waals surface area contributed by atoms with E-state index in [0.717, 1.165) is 28.9 Å². The van der Waals surface area contributed by atoms with E-state index in [2.05, 4.69) is 16.5 Å². The number of halogens is 1. The number of carbonyl (C=O) groups excluding carboxylic acids is 1. The summed E-state index contributed by atoms with van der Waals surface area (Å²) < 4.78 is 13.2. The Balaban J connectivity index is 1.56. The fraction of sp³-hybridized carbons (Fsp3) is 0.476. The van der Waals surface area contributed by atoms with Gasteiger partial charge in [0.1, 0.15) is 0 Å². The molecule has 1 aromatic heterocycles. The van der Waals surface area contributed by atoms with Crippen molar-refractivity contribution < 1.29 is 14.3 Å². The Morgan fingerprint density at radius 3 is 2.93 bits per heavy atom. The molecule has 154 valence electrons. The predicted molar refractivity (Wildman–Crippen MR) is 109 cm³/mol. The smallest absolute Gasteiger partial charge is 0.220 e. The van der Waals surface area contributed by atoms with E-state index in [1.54, 1.807) is 6.07 Å². The SMILES string of the molecule is Cc1nn(CCC#N)c(C)c1CCC(=O)NCc1cc(Cl)c2c(c1)OCCCO2. The molecule has 0 unspecified atom stereocenters. The highest BCUT2D eigenvalue weighted by atomic mass is 35.5. The number of amides is 1. The van der Waals surface area contributed by atoms with Crippen LogP contribution >= 0.6 is 11.6 Å². The number of aryl methyl sites for hydroxylation is 2. The lowest BCUT2D eigenvalue weighted by atomic mass is 10.1. The summed E-state index contributed by atoms with van der Waals surface area (Å²) in [6.07, 6.45) is 2.20. The molecule has 2 heterocycles. The van der Waals surface area contributed by atoms with Crippen molar-refractivity contribution in [1.82, 2.24) is 15.1 Å². The highest BCUT2D eigenvalue weighted by Gasteiger charge is 2.16. The molecule has 3 rings (SSSR count). The van der Waals surface area contributed by atoms with Crippen LogP contribution in [0.3, 0.4) is 0 Å². The third-order valence-electron chi connectivity index (χ3n) is 4.92. The zero-order valence-corrected chi connectivity index (χ0v) is 17.5. The van der Waals surface area contributed by atoms with E-state index in [9.17, 15) is 4.79 Å². The Hall–Kier alpha value is -2.72. The molecule has 7 nitrogen and oxygen atoms in total. The number of benzene rings is 1. The standard InChI is InChI=1S/C21H25ClN4O3/c1-14-17(15(2)26(25-14)8-3-7-23)5-6-20(27)24-13-16-11-18(22)21-19(12-16)28-9-4-10-29-21/h11-12H,3-6,8-10,13H2,1-2H3,(H,24,27). The summed E-state index contributed by atoms with van der Waals surface area (Å²) >= 11 is 6.30. The summed E-state index contributed by atoms with van der Waals surface area (Å²) in [5.41, 5.74) is 3.85. The van der Waals surface area contributed by atoms with Crippen LogP contribution in [-0.2, 0) is 24.3 Å². The summed E-state index contributed by atoms with van der Waals surface area (Å²) in [7, 11) is 0. The molecular weight excluding hydrogens is 392 g/mol. The summed E-state index contributed by atoms with van der Waals surface area (Å²) in [6, 6.07) is 5.79. The second-order valence-electron chi connectivity index (χ2n) is 7.01. The van der Waals surface area contributed by atoms with Crippen molar-refractivity contribution >= 4 is 17.5 Å². The molecule has 0 spiro atoms. The van der Waals surface area contributed by atoms with Gasteiger partial charge in [-0.15, -0.1) is 0 Å². The number of carbonyl (C=O) groups is 1. The summed E-state index contributed by atoms with van der Waals surface area (Å²) in [5.74, 6) is 1.14. The third kappa shape index (κ3) is 5.21. The number of hydrogen-bond acceptors (Lipinski definition) is 5. The van der Waals surface area contributed by atoms with Crippen LogP contribution in [0.15, 0.2) is 12.1 Å². The van der Waals surface area contributed by atoms with Gasteiger partial charge in [-0.1, -0.05) is 11.6 Å². The highest BCUT2D eigenvalue weighted by Crippen LogP contribution is 2.37. The minimum absolute atomic E-state index is 0.0446. The van der Waals surface area contributed by atoms with Crippen LogP contribution in [0.25, 0.3) is 0 Å². The van der Waals surface area contributed by atoms with Gasteiger partial charge in [0.25, 0.3) is 0 Å². The molecule has 1 amide bonds. The summed E-state index contributed by atoms with van der Waals surface area (Å²) in [4.78, 5) is 12.3. The van der Waals surface area contributed by atoms with E-state index in [4.69, 9.17) is 26.3 Å². The van der Waals surface area contributed by atoms with Crippen LogP contribution in [-0.4, -0.2) is 28.9 Å². The predicted octanol–water partition coefficient (Wildman–Crippen LogP) is 3.48. The first kappa shape index (κ1) is 21.0. The van der Waals surface area contributed by atoms with Crippen LogP contribution < -0.4 is 14.8 Å². The Morgan fingerprint density at radius 2 is 2.14 bits per heavy atom. The lowest BCUT2D eigenvalue weighted by Gasteiger charge is -2.12. The zero-order valence-electron chi connectivity index (χ0n) is 16.8. The molecular formula is C21H25ClN4O3. The summed E-state index contributed by atoms with van der Waals surface area (Å²) in [5, 5.41) is 16.6. The molecule has 0 saturated heterocycles. The quantitative estimate of drug-likeness (QED) is 0.746. The Bertz CT molecular complexity index is 933. The van der Waals surface area contributed by atoms with Gasteiger partial charge in [-0.25, -0.2) is 0 Å². The lowest BCUT2D eigenvalue weighted by Crippen LogP contribution is -2.23. The van der Waals surface area contributed by atoms with Crippen molar-refractivity contribution in [2.24, 2.45) is 0 Å². The fourth-order valence-corrected chi connectivity index (χ4v) is 3.67. The number of ether oxygens (including phenoxy) is 2. The molecule has 0 fully saturated rings. The van der Waals surface area contributed by atoms with Gasteiger partial charge >= 0.3 is 0 Å². The average molecular weight is 417 g/mol. The molecule has 1 aliphatic rings. The second kappa shape index (κ2) is 9.66. The topological polar surface area (TPSA) is 89.2 Å². The minimum atomic E-state index is -0.0446. The first-order valence-electron chi connectivity index (χ1n) is 9.74. The Morgan fingerprint density at radius 1 is 1.34 bits per heavy atom. The van der Waals surface area contributed by atoms with Crippen LogP contribution in [0.2, 0.25) is 5.02 Å². The van der Waals surface area contributed by atoms with Crippen LogP contribution in [0.5, 0.6) is 11.5 Å². The van der Waals surface area contributed by atoms with E-state index in [-0.39, 0.29) is 5.91 Å². The largest absolute Gasteiger partial charge is 0.489 e. The van der Waals surface area contributed by atoms with Gasteiger partial charge in [0.05, 0.1) is 43.0 Å². The maximum Gasteiger partial charge on any atom is 0.220 e. The minimum Gasteiger partial charge on any atom is -0.489 e. The van der Waals surface area contributed by atoms with Crippen molar-refractivity contribution in [2.75, 3.05) is 13.2 Å². The van der Waals surface area contributed by atoms with Crippen molar-refractivity contribution in [2.45, 2.75) is 52.6 Å². The van der Waals surface area contributed by atoms with E-state index in [1.165, 1.54) is 0 Å². The Kier molecular flexibility index (Phi) is 6.99. The molecule has 1 aromatic carbocycles. The molecule has 29 heavy (non-hydrogen) atoms. The van der Waals surface area contributed by atoms with E-state index < -0.39 is 0 Å². The summed E-state index contributed by atoms with van der Waals surface area (Å²) in [6.45, 7) is 6.01. The van der Waals surface area contributed by atoms with Crippen LogP contribution in [0.1, 0.15) is 41.8 Å². The van der Waals surface area contributed by atoms with Crippen molar-refractivity contribution in [3.63, 3.8) is 0 Å². The van der Waals surface area contributed by atoms with Gasteiger partial charge in [0.15, 0.2) is 11.5 Å². The van der Waals surface area contributed by atoms with Crippen molar-refractivity contribution in [3.05, 3.63) is 39.7 Å². The maximum atomic E-state index is 12.3. The van der Waals surface area contributed by atoms with E-state index in [0.29, 0.717) is 62.1 Å². The molecule has 1 aliphatic heterocycles. The molecule has 0 bridgehead atoms. The zero-order chi connectivity index (χ0) is 20.8. The lowest BCUT2D eigenvalue weighted by molar-refractivity contribution is -0.121. The maximum absolute atomic E-state index is 12.3. The first-order valence-corrected chi connectivity index (χ1v) is 10.1. The molecule has 0 aliphatic carbocycles. The fourth-order valence-electron chi connectivity index (χ4n) is 3.38. The monoisotopic (exact) mass is 416 g/mol. The van der Waals surface area contributed by atoms with Crippen LogP contribution in [0, 0.1) is 25.2 Å². The number of aromatic nitrogens is 2. The number of nitriles is 1. The van der Waals surface area contributed by atoms with Crippen LogP contribution in [0.4, 0.5) is 0 Å². The second-order valence-corrected chi connectivity index (χ2v) is 7.42. The number of nitrogens with one attached hydrogen (secondary N) is 1. The molecule has 1 N–H and O–H groups in total. The molecule has 0 radical (unpaired) electrons. The molecule has 2 aromatic rings. The third-order valence-corrected chi connectivity index (χ3v) is 5.20. The normalized spacial score (nSPS) is 12.9. The van der Waals surface area contributed by atoms with Gasteiger partial charge in [0, 0.05) is 25.1 Å². The average Bonchev–Trinajstić information content (AvgIpc) is 2.86. The van der Waals surface area contributed by atoms with E-state index in [1.807, 2.05) is 24.6 Å². The van der Waals surface area contributed by atoms with Gasteiger partial charge in [-0.3, -0.25) is 9.48 Å². The number of nitrogens with zero attached hydrogens (tertiary/aromatic N) is 3. The Labute approximate surface area is 175 Å².